The Balaban J connectivity index is 1.52. The van der Waals surface area contributed by atoms with Crippen LogP contribution < -0.4 is 0 Å². The van der Waals surface area contributed by atoms with E-state index in [1.54, 1.807) is 0 Å². The highest BCUT2D eigenvalue weighted by Crippen LogP contribution is 2.38. The summed E-state index contributed by atoms with van der Waals surface area (Å²) in [5, 5.41) is 0. The highest BCUT2D eigenvalue weighted by molar-refractivity contribution is 5.93. The molecule has 0 amide bonds. The monoisotopic (exact) mass is 348 g/mol. The van der Waals surface area contributed by atoms with Crippen molar-refractivity contribution in [1.82, 2.24) is 0 Å². The second-order valence-electron chi connectivity index (χ2n) is 7.08. The minimum atomic E-state index is 0.929. The number of furan rings is 1. The summed E-state index contributed by atoms with van der Waals surface area (Å²) in [4.78, 5) is 0. The van der Waals surface area contributed by atoms with Gasteiger partial charge < -0.3 is 4.42 Å². The number of hydrogen-bond donors (Lipinski definition) is 0. The lowest BCUT2D eigenvalue weighted by molar-refractivity contribution is 0.521. The van der Waals surface area contributed by atoms with Gasteiger partial charge in [-0.2, -0.15) is 0 Å². The first kappa shape index (κ1) is 15.9. The molecule has 0 aliphatic heterocycles. The molecular weight excluding hydrogens is 328 g/mol. The highest BCUT2D eigenvalue weighted by atomic mass is 16.3. The number of rotatable bonds is 3. The first-order chi connectivity index (χ1) is 13.3. The van der Waals surface area contributed by atoms with Crippen LogP contribution in [0.3, 0.4) is 0 Å². The van der Waals surface area contributed by atoms with Gasteiger partial charge in [0.2, 0.25) is 0 Å². The molecule has 3 aromatic carbocycles. The van der Waals surface area contributed by atoms with Crippen molar-refractivity contribution < 1.29 is 4.42 Å². The van der Waals surface area contributed by atoms with Crippen molar-refractivity contribution in [1.29, 1.82) is 0 Å². The van der Waals surface area contributed by atoms with Crippen LogP contribution in [0.1, 0.15) is 22.6 Å². The Bertz CT molecular complexity index is 1130. The Morgan fingerprint density at radius 3 is 2.15 bits per heavy atom. The molecule has 0 saturated carbocycles. The molecule has 1 aromatic heterocycles. The van der Waals surface area contributed by atoms with Crippen molar-refractivity contribution in [2.24, 2.45) is 0 Å². The fourth-order valence-electron chi connectivity index (χ4n) is 3.86. The van der Waals surface area contributed by atoms with Gasteiger partial charge in [0.25, 0.3) is 0 Å². The highest BCUT2D eigenvalue weighted by Gasteiger charge is 2.19. The third-order valence-corrected chi connectivity index (χ3v) is 5.26. The number of hydrogen-bond acceptors (Lipinski definition) is 1. The Hall–Kier alpha value is -3.32. The molecule has 4 aromatic rings. The van der Waals surface area contributed by atoms with Crippen molar-refractivity contribution in [3.63, 3.8) is 0 Å². The van der Waals surface area contributed by atoms with E-state index in [1.807, 2.05) is 13.0 Å². The summed E-state index contributed by atoms with van der Waals surface area (Å²) in [6, 6.07) is 30.1. The lowest BCUT2D eigenvalue weighted by atomic mass is 9.95. The third-order valence-electron chi connectivity index (χ3n) is 5.26. The van der Waals surface area contributed by atoms with Crippen molar-refractivity contribution in [2.45, 2.75) is 13.3 Å². The maximum atomic E-state index is 5.84. The fourth-order valence-corrected chi connectivity index (χ4v) is 3.86. The summed E-state index contributed by atoms with van der Waals surface area (Å²) < 4.78 is 5.84. The van der Waals surface area contributed by atoms with Gasteiger partial charge in [0.1, 0.15) is 11.5 Å². The van der Waals surface area contributed by atoms with Crippen LogP contribution >= 0.6 is 0 Å². The Kier molecular flexibility index (Phi) is 3.79. The third kappa shape index (κ3) is 2.92. The van der Waals surface area contributed by atoms with E-state index in [0.29, 0.717) is 0 Å². The summed E-state index contributed by atoms with van der Waals surface area (Å²) in [6.07, 6.45) is 3.21. The average Bonchev–Trinajstić information content (AvgIpc) is 3.34. The van der Waals surface area contributed by atoms with Gasteiger partial charge in [-0.05, 0) is 64.1 Å². The Morgan fingerprint density at radius 2 is 1.41 bits per heavy atom. The van der Waals surface area contributed by atoms with Crippen molar-refractivity contribution in [3.05, 3.63) is 108 Å². The number of benzene rings is 3. The molecule has 0 bridgehead atoms. The van der Waals surface area contributed by atoms with Crippen molar-refractivity contribution >= 4 is 11.6 Å². The summed E-state index contributed by atoms with van der Waals surface area (Å²) in [5.41, 5.74) is 8.96. The zero-order chi connectivity index (χ0) is 18.2. The predicted octanol–water partition coefficient (Wildman–Crippen LogP) is 7.02. The molecule has 27 heavy (non-hydrogen) atoms. The number of allylic oxidation sites excluding steroid dienone is 1. The smallest absolute Gasteiger partial charge is 0.130 e. The van der Waals surface area contributed by atoms with E-state index in [4.69, 9.17) is 4.42 Å². The SMILES string of the molecule is Cc1ccc(C2=Cc3c(cccc3-c3ccc(-c4ccccc4)cc3)C2)o1. The van der Waals surface area contributed by atoms with Crippen LogP contribution in [-0.4, -0.2) is 0 Å². The Labute approximate surface area is 159 Å². The lowest BCUT2D eigenvalue weighted by Gasteiger charge is -2.09. The Morgan fingerprint density at radius 1 is 0.667 bits per heavy atom. The van der Waals surface area contributed by atoms with E-state index in [1.165, 1.54) is 39.0 Å². The van der Waals surface area contributed by atoms with Gasteiger partial charge in [-0.1, -0.05) is 72.8 Å². The molecule has 0 unspecified atom stereocenters. The van der Waals surface area contributed by atoms with Crippen LogP contribution in [0.2, 0.25) is 0 Å². The van der Waals surface area contributed by atoms with E-state index in [2.05, 4.69) is 84.9 Å². The predicted molar refractivity (Wildman–Crippen MR) is 112 cm³/mol. The van der Waals surface area contributed by atoms with Gasteiger partial charge in [0.05, 0.1) is 0 Å². The maximum absolute atomic E-state index is 5.84. The van der Waals surface area contributed by atoms with Gasteiger partial charge in [0.15, 0.2) is 0 Å². The zero-order valence-electron chi connectivity index (χ0n) is 15.3. The van der Waals surface area contributed by atoms with Crippen LogP contribution in [0.4, 0.5) is 0 Å². The first-order valence-corrected chi connectivity index (χ1v) is 9.33. The molecule has 0 spiro atoms. The molecule has 1 nitrogen and oxygen atoms in total. The molecule has 1 aliphatic rings. The minimum absolute atomic E-state index is 0.929. The molecule has 1 aliphatic carbocycles. The van der Waals surface area contributed by atoms with Gasteiger partial charge in [-0.3, -0.25) is 0 Å². The number of aryl methyl sites for hydroxylation is 1. The summed E-state index contributed by atoms with van der Waals surface area (Å²) in [6.45, 7) is 1.99. The van der Waals surface area contributed by atoms with Crippen LogP contribution in [0.15, 0.2) is 89.3 Å². The molecule has 0 N–H and O–H groups in total. The molecule has 1 heteroatoms. The number of fused-ring (bicyclic) bond motifs is 1. The van der Waals surface area contributed by atoms with Crippen molar-refractivity contribution in [3.8, 4) is 22.3 Å². The topological polar surface area (TPSA) is 13.1 Å². The van der Waals surface area contributed by atoms with Gasteiger partial charge in [-0.15, -0.1) is 0 Å². The molecule has 0 radical (unpaired) electrons. The van der Waals surface area contributed by atoms with E-state index in [-0.39, 0.29) is 0 Å². The molecule has 1 heterocycles. The van der Waals surface area contributed by atoms with Crippen LogP contribution in [0.5, 0.6) is 0 Å². The van der Waals surface area contributed by atoms with Crippen LogP contribution in [-0.2, 0) is 6.42 Å². The standard InChI is InChI=1S/C26H20O/c1-18-10-15-26(27-18)23-16-22-8-5-9-24(25(22)17-23)21-13-11-20(12-14-21)19-6-3-2-4-7-19/h2-15,17H,16H2,1H3. The molecule has 0 atom stereocenters. The minimum Gasteiger partial charge on any atom is -0.462 e. The second kappa shape index (κ2) is 6.44. The van der Waals surface area contributed by atoms with E-state index in [9.17, 15) is 0 Å². The fraction of sp³-hybridized carbons (Fsp3) is 0.0769. The van der Waals surface area contributed by atoms with E-state index >= 15 is 0 Å². The van der Waals surface area contributed by atoms with E-state index in [0.717, 1.165) is 17.9 Å². The first-order valence-electron chi connectivity index (χ1n) is 9.33. The summed E-state index contributed by atoms with van der Waals surface area (Å²) >= 11 is 0. The quantitative estimate of drug-likeness (QED) is 0.388. The largest absolute Gasteiger partial charge is 0.462 e. The van der Waals surface area contributed by atoms with Gasteiger partial charge >= 0.3 is 0 Å². The maximum Gasteiger partial charge on any atom is 0.130 e. The molecular formula is C26H20O. The van der Waals surface area contributed by atoms with E-state index < -0.39 is 0 Å². The van der Waals surface area contributed by atoms with Crippen LogP contribution in [0, 0.1) is 6.92 Å². The zero-order valence-corrected chi connectivity index (χ0v) is 15.3. The van der Waals surface area contributed by atoms with Gasteiger partial charge in [0, 0.05) is 6.42 Å². The summed E-state index contributed by atoms with van der Waals surface area (Å²) in [7, 11) is 0. The normalized spacial score (nSPS) is 12.7. The molecule has 0 saturated heterocycles. The van der Waals surface area contributed by atoms with Gasteiger partial charge in [-0.25, -0.2) is 0 Å². The lowest BCUT2D eigenvalue weighted by Crippen LogP contribution is -1.87. The molecule has 130 valence electrons. The average molecular weight is 348 g/mol. The van der Waals surface area contributed by atoms with Crippen molar-refractivity contribution in [2.75, 3.05) is 0 Å². The molecule has 0 fully saturated rings. The van der Waals surface area contributed by atoms with Crippen LogP contribution in [0.25, 0.3) is 33.9 Å². The molecule has 5 rings (SSSR count). The summed E-state index contributed by atoms with van der Waals surface area (Å²) in [5.74, 6) is 1.94. The second-order valence-corrected chi connectivity index (χ2v) is 7.08.